The van der Waals surface area contributed by atoms with Crippen molar-refractivity contribution in [1.82, 2.24) is 9.97 Å². The first kappa shape index (κ1) is 23.6. The fourth-order valence-corrected chi connectivity index (χ4v) is 5.53. The lowest BCUT2D eigenvalue weighted by atomic mass is 9.84. The van der Waals surface area contributed by atoms with Crippen LogP contribution in [-0.2, 0) is 0 Å². The average molecular weight is 517 g/mol. The molecule has 0 saturated carbocycles. The number of phenols is 2. The van der Waals surface area contributed by atoms with Gasteiger partial charge < -0.3 is 10.2 Å². The molecule has 5 aromatic carbocycles. The SMILES string of the molecule is Oc1ccccc1-c1nc2c(c(-c3ccccc3)cc3cccnc32)c(-c2ccccc2)c1-c1ccccc1O. The molecule has 190 valence electrons. The number of pyridine rings is 2. The van der Waals surface area contributed by atoms with Crippen LogP contribution in [-0.4, -0.2) is 20.2 Å². The summed E-state index contributed by atoms with van der Waals surface area (Å²) < 4.78 is 0. The van der Waals surface area contributed by atoms with Crippen molar-refractivity contribution in [3.8, 4) is 56.1 Å². The molecule has 0 spiro atoms. The normalized spacial score (nSPS) is 11.2. The number of rotatable bonds is 4. The number of para-hydroxylation sites is 2. The Morgan fingerprint density at radius 2 is 1.07 bits per heavy atom. The van der Waals surface area contributed by atoms with Gasteiger partial charge in [-0.15, -0.1) is 0 Å². The highest BCUT2D eigenvalue weighted by atomic mass is 16.3. The first-order valence-corrected chi connectivity index (χ1v) is 13.1. The fourth-order valence-electron chi connectivity index (χ4n) is 5.53. The second-order valence-corrected chi connectivity index (χ2v) is 9.70. The molecular weight excluding hydrogens is 492 g/mol. The molecule has 2 heterocycles. The van der Waals surface area contributed by atoms with Crippen LogP contribution < -0.4 is 0 Å². The molecule has 0 aliphatic carbocycles. The molecule has 0 aliphatic rings. The first-order valence-electron chi connectivity index (χ1n) is 13.1. The summed E-state index contributed by atoms with van der Waals surface area (Å²) in [5, 5.41) is 24.2. The average Bonchev–Trinajstić information content (AvgIpc) is 3.01. The molecule has 0 fully saturated rings. The molecule has 0 unspecified atom stereocenters. The zero-order valence-corrected chi connectivity index (χ0v) is 21.5. The van der Waals surface area contributed by atoms with Gasteiger partial charge >= 0.3 is 0 Å². The highest BCUT2D eigenvalue weighted by Gasteiger charge is 2.26. The van der Waals surface area contributed by atoms with Crippen LogP contribution in [0.3, 0.4) is 0 Å². The lowest BCUT2D eigenvalue weighted by molar-refractivity contribution is 0.476. The van der Waals surface area contributed by atoms with Gasteiger partial charge in [-0.05, 0) is 47.0 Å². The second-order valence-electron chi connectivity index (χ2n) is 9.70. The smallest absolute Gasteiger partial charge is 0.124 e. The maximum Gasteiger partial charge on any atom is 0.124 e. The lowest BCUT2D eigenvalue weighted by Gasteiger charge is -2.22. The second kappa shape index (κ2) is 9.68. The zero-order valence-electron chi connectivity index (χ0n) is 21.5. The largest absolute Gasteiger partial charge is 0.507 e. The third-order valence-electron chi connectivity index (χ3n) is 7.31. The van der Waals surface area contributed by atoms with E-state index in [9.17, 15) is 10.2 Å². The van der Waals surface area contributed by atoms with Crippen molar-refractivity contribution in [2.24, 2.45) is 0 Å². The summed E-state index contributed by atoms with van der Waals surface area (Å²) in [6, 6.07) is 41.1. The summed E-state index contributed by atoms with van der Waals surface area (Å²) in [4.78, 5) is 10.1. The summed E-state index contributed by atoms with van der Waals surface area (Å²) in [6.45, 7) is 0. The standard InChI is InChI=1S/C36H24N2O2/c39-29-19-9-7-17-26(29)32-31(24-14-5-2-6-15-24)33-28(23-12-3-1-4-13-23)22-25-16-11-21-37-34(25)36(33)38-35(32)27-18-8-10-20-30(27)40/h1-22,39-40H. The van der Waals surface area contributed by atoms with Crippen LogP contribution in [0.2, 0.25) is 0 Å². The minimum Gasteiger partial charge on any atom is -0.507 e. The monoisotopic (exact) mass is 516 g/mol. The van der Waals surface area contributed by atoms with Gasteiger partial charge in [-0.25, -0.2) is 4.98 Å². The minimum absolute atomic E-state index is 0.113. The van der Waals surface area contributed by atoms with Crippen molar-refractivity contribution in [2.45, 2.75) is 0 Å². The van der Waals surface area contributed by atoms with E-state index in [0.717, 1.165) is 49.6 Å². The maximum atomic E-state index is 11.2. The van der Waals surface area contributed by atoms with E-state index in [4.69, 9.17) is 9.97 Å². The van der Waals surface area contributed by atoms with Crippen molar-refractivity contribution in [1.29, 1.82) is 0 Å². The number of benzene rings is 5. The van der Waals surface area contributed by atoms with Crippen LogP contribution in [0.25, 0.3) is 66.4 Å². The summed E-state index contributed by atoms with van der Waals surface area (Å²) in [5.74, 6) is 0.249. The van der Waals surface area contributed by atoms with E-state index in [2.05, 4.69) is 36.4 Å². The van der Waals surface area contributed by atoms with Gasteiger partial charge in [-0.1, -0.05) is 97.1 Å². The van der Waals surface area contributed by atoms with Gasteiger partial charge in [0.05, 0.1) is 16.7 Å². The van der Waals surface area contributed by atoms with Crippen molar-refractivity contribution in [3.63, 3.8) is 0 Å². The summed E-state index contributed by atoms with van der Waals surface area (Å²) in [5.41, 5.74) is 7.98. The van der Waals surface area contributed by atoms with Crippen LogP contribution >= 0.6 is 0 Å². The van der Waals surface area contributed by atoms with Crippen LogP contribution in [0.5, 0.6) is 11.5 Å². The molecule has 7 rings (SSSR count). The van der Waals surface area contributed by atoms with Gasteiger partial charge in [-0.2, -0.15) is 0 Å². The maximum absolute atomic E-state index is 11.2. The van der Waals surface area contributed by atoms with Gasteiger partial charge in [0.1, 0.15) is 11.5 Å². The molecule has 0 radical (unpaired) electrons. The number of hydrogen-bond donors (Lipinski definition) is 2. The third-order valence-corrected chi connectivity index (χ3v) is 7.31. The molecule has 0 atom stereocenters. The van der Waals surface area contributed by atoms with E-state index >= 15 is 0 Å². The van der Waals surface area contributed by atoms with E-state index < -0.39 is 0 Å². The summed E-state index contributed by atoms with van der Waals surface area (Å²) in [6.07, 6.45) is 1.78. The first-order chi connectivity index (χ1) is 19.7. The molecular formula is C36H24N2O2. The Labute approximate surface area is 231 Å². The third kappa shape index (κ3) is 3.86. The Kier molecular flexibility index (Phi) is 5.72. The molecule has 4 heteroatoms. The predicted octanol–water partition coefficient (Wildman–Crippen LogP) is 8.86. The van der Waals surface area contributed by atoms with Gasteiger partial charge in [-0.3, -0.25) is 4.98 Å². The van der Waals surface area contributed by atoms with Crippen LogP contribution in [0.15, 0.2) is 134 Å². The highest BCUT2D eigenvalue weighted by Crippen LogP contribution is 2.50. The molecule has 40 heavy (non-hydrogen) atoms. The van der Waals surface area contributed by atoms with E-state index in [1.807, 2.05) is 72.8 Å². The molecule has 7 aromatic rings. The van der Waals surface area contributed by atoms with Gasteiger partial charge in [0, 0.05) is 39.2 Å². The number of fused-ring (bicyclic) bond motifs is 3. The summed E-state index contributed by atoms with van der Waals surface area (Å²) >= 11 is 0. The van der Waals surface area contributed by atoms with E-state index in [1.165, 1.54) is 0 Å². The van der Waals surface area contributed by atoms with Gasteiger partial charge in [0.2, 0.25) is 0 Å². The van der Waals surface area contributed by atoms with Crippen LogP contribution in [0, 0.1) is 0 Å². The van der Waals surface area contributed by atoms with Crippen molar-refractivity contribution < 1.29 is 10.2 Å². The van der Waals surface area contributed by atoms with Crippen molar-refractivity contribution >= 4 is 21.8 Å². The molecule has 2 aromatic heterocycles. The number of hydrogen-bond acceptors (Lipinski definition) is 4. The van der Waals surface area contributed by atoms with E-state index in [1.54, 1.807) is 24.4 Å². The quantitative estimate of drug-likeness (QED) is 0.229. The highest BCUT2D eigenvalue weighted by molar-refractivity contribution is 6.20. The Balaban J connectivity index is 1.80. The lowest BCUT2D eigenvalue weighted by Crippen LogP contribution is -2.00. The Morgan fingerprint density at radius 1 is 0.475 bits per heavy atom. The van der Waals surface area contributed by atoms with Crippen molar-refractivity contribution in [3.05, 3.63) is 134 Å². The zero-order chi connectivity index (χ0) is 27.1. The van der Waals surface area contributed by atoms with E-state index in [-0.39, 0.29) is 11.5 Å². The van der Waals surface area contributed by atoms with Gasteiger partial charge in [0.25, 0.3) is 0 Å². The van der Waals surface area contributed by atoms with Crippen LogP contribution in [0.1, 0.15) is 0 Å². The minimum atomic E-state index is 0.113. The molecule has 0 amide bonds. The Bertz CT molecular complexity index is 2020. The number of phenolic OH excluding ortho intramolecular Hbond substituents is 2. The molecule has 0 aliphatic heterocycles. The van der Waals surface area contributed by atoms with Crippen LogP contribution in [0.4, 0.5) is 0 Å². The Hall–Kier alpha value is -5.48. The van der Waals surface area contributed by atoms with Crippen molar-refractivity contribution in [2.75, 3.05) is 0 Å². The fraction of sp³-hybridized carbons (Fsp3) is 0. The topological polar surface area (TPSA) is 66.2 Å². The molecule has 0 saturated heterocycles. The van der Waals surface area contributed by atoms with Gasteiger partial charge in [0.15, 0.2) is 0 Å². The van der Waals surface area contributed by atoms with E-state index in [0.29, 0.717) is 16.8 Å². The number of nitrogens with zero attached hydrogens (tertiary/aromatic N) is 2. The number of aromatic nitrogens is 2. The molecule has 4 nitrogen and oxygen atoms in total. The molecule has 0 bridgehead atoms. The summed E-state index contributed by atoms with van der Waals surface area (Å²) in [7, 11) is 0. The predicted molar refractivity (Wildman–Crippen MR) is 162 cm³/mol. The number of aromatic hydroxyl groups is 2. The Morgan fingerprint density at radius 3 is 1.75 bits per heavy atom. The molecule has 2 N–H and O–H groups in total.